The summed E-state index contributed by atoms with van der Waals surface area (Å²) in [6, 6.07) is 0. The van der Waals surface area contributed by atoms with Crippen molar-refractivity contribution in [3.05, 3.63) is 12.2 Å². The molecule has 0 aliphatic heterocycles. The predicted octanol–water partition coefficient (Wildman–Crippen LogP) is 3.33. The zero-order chi connectivity index (χ0) is 15.7. The third-order valence-corrected chi connectivity index (χ3v) is 4.36. The number of aliphatic hydroxyl groups is 2. The van der Waals surface area contributed by atoms with Gasteiger partial charge in [0, 0.05) is 0 Å². The van der Waals surface area contributed by atoms with Crippen LogP contribution in [0.2, 0.25) is 19.6 Å². The van der Waals surface area contributed by atoms with Gasteiger partial charge in [0.15, 0.2) is 8.32 Å². The maximum absolute atomic E-state index is 11.2. The maximum Gasteiger partial charge on any atom is 0.184 e. The van der Waals surface area contributed by atoms with E-state index in [0.717, 1.165) is 0 Å². The van der Waals surface area contributed by atoms with E-state index in [-0.39, 0.29) is 0 Å². The van der Waals surface area contributed by atoms with Crippen LogP contribution in [0.3, 0.4) is 0 Å². The molecule has 0 saturated heterocycles. The largest absolute Gasteiger partial charge is 0.409 e. The first-order valence-electron chi connectivity index (χ1n) is 6.92. The fourth-order valence-electron chi connectivity index (χ4n) is 2.48. The van der Waals surface area contributed by atoms with Crippen molar-refractivity contribution in [2.75, 3.05) is 0 Å². The Hall–Kier alpha value is -0.163. The number of hydrogen-bond acceptors (Lipinski definition) is 3. The van der Waals surface area contributed by atoms with Crippen molar-refractivity contribution < 1.29 is 14.6 Å². The molecule has 0 radical (unpaired) electrons. The van der Waals surface area contributed by atoms with Gasteiger partial charge in [0.1, 0.15) is 5.60 Å². The fraction of sp³-hybridized carbons (Fsp3) is 0.867. The lowest BCUT2D eigenvalue weighted by Gasteiger charge is -2.51. The molecule has 0 fully saturated rings. The third kappa shape index (κ3) is 5.03. The van der Waals surface area contributed by atoms with Crippen LogP contribution in [0, 0.1) is 5.41 Å². The van der Waals surface area contributed by atoms with Crippen LogP contribution in [0.1, 0.15) is 41.5 Å². The molecule has 3 nitrogen and oxygen atoms in total. The minimum absolute atomic E-state index is 0.401. The summed E-state index contributed by atoms with van der Waals surface area (Å²) in [6.45, 7) is 17.8. The van der Waals surface area contributed by atoms with Crippen molar-refractivity contribution in [2.45, 2.75) is 78.5 Å². The number of hydrogen-bond donors (Lipinski definition) is 2. The van der Waals surface area contributed by atoms with E-state index in [1.807, 2.05) is 34.6 Å². The minimum atomic E-state index is -1.79. The van der Waals surface area contributed by atoms with Gasteiger partial charge >= 0.3 is 0 Å². The highest BCUT2D eigenvalue weighted by atomic mass is 28.4. The van der Waals surface area contributed by atoms with Crippen molar-refractivity contribution >= 4 is 8.32 Å². The molecule has 0 aliphatic carbocycles. The Morgan fingerprint density at radius 3 is 1.74 bits per heavy atom. The van der Waals surface area contributed by atoms with Crippen LogP contribution in [0.15, 0.2) is 12.2 Å². The molecular formula is C15H32O3Si. The highest BCUT2D eigenvalue weighted by Crippen LogP contribution is 2.43. The van der Waals surface area contributed by atoms with Crippen LogP contribution in [-0.4, -0.2) is 35.8 Å². The molecule has 114 valence electrons. The topological polar surface area (TPSA) is 49.7 Å². The average molecular weight is 289 g/mol. The Morgan fingerprint density at radius 2 is 1.47 bits per heavy atom. The molecule has 0 spiro atoms. The lowest BCUT2D eigenvalue weighted by atomic mass is 9.67. The predicted molar refractivity (Wildman–Crippen MR) is 83.7 cm³/mol. The first-order valence-corrected chi connectivity index (χ1v) is 10.3. The van der Waals surface area contributed by atoms with E-state index in [9.17, 15) is 10.2 Å². The first-order chi connectivity index (χ1) is 8.12. The van der Waals surface area contributed by atoms with Crippen LogP contribution in [0.4, 0.5) is 0 Å². The van der Waals surface area contributed by atoms with E-state index in [1.165, 1.54) is 0 Å². The van der Waals surface area contributed by atoms with Gasteiger partial charge in [-0.3, -0.25) is 0 Å². The van der Waals surface area contributed by atoms with Crippen molar-refractivity contribution in [1.82, 2.24) is 0 Å². The lowest BCUT2D eigenvalue weighted by molar-refractivity contribution is -0.146. The van der Waals surface area contributed by atoms with Crippen LogP contribution in [0.5, 0.6) is 0 Å². The molecule has 0 rings (SSSR count). The third-order valence-electron chi connectivity index (χ3n) is 3.24. The fourth-order valence-corrected chi connectivity index (χ4v) is 4.16. The second kappa shape index (κ2) is 5.68. The van der Waals surface area contributed by atoms with Crippen LogP contribution in [0.25, 0.3) is 0 Å². The molecule has 0 aromatic rings. The van der Waals surface area contributed by atoms with Crippen LogP contribution >= 0.6 is 0 Å². The van der Waals surface area contributed by atoms with Crippen LogP contribution in [-0.2, 0) is 4.43 Å². The SMILES string of the molecule is CC(O)/C=C\C(O)(C(C)(C)C)C(C)(C)O[Si](C)(C)C. The molecular weight excluding hydrogens is 256 g/mol. The highest BCUT2D eigenvalue weighted by molar-refractivity contribution is 6.69. The molecule has 2 N–H and O–H groups in total. The maximum atomic E-state index is 11.2. The second-order valence-corrected chi connectivity index (χ2v) is 12.3. The summed E-state index contributed by atoms with van der Waals surface area (Å²) in [5, 5.41) is 20.6. The lowest BCUT2D eigenvalue weighted by Crippen LogP contribution is -2.61. The summed E-state index contributed by atoms with van der Waals surface area (Å²) in [7, 11) is -1.79. The first kappa shape index (κ1) is 18.8. The van der Waals surface area contributed by atoms with Gasteiger partial charge in [0.05, 0.1) is 11.7 Å². The van der Waals surface area contributed by atoms with E-state index in [0.29, 0.717) is 0 Å². The van der Waals surface area contributed by atoms with Crippen molar-refractivity contribution in [2.24, 2.45) is 5.41 Å². The van der Waals surface area contributed by atoms with Crippen molar-refractivity contribution in [3.8, 4) is 0 Å². The molecule has 0 heterocycles. The van der Waals surface area contributed by atoms with E-state index >= 15 is 0 Å². The Balaban J connectivity index is 5.61. The molecule has 0 aromatic carbocycles. The molecule has 0 saturated carbocycles. The summed E-state index contributed by atoms with van der Waals surface area (Å²) in [4.78, 5) is 0. The quantitative estimate of drug-likeness (QED) is 0.602. The van der Waals surface area contributed by atoms with Crippen molar-refractivity contribution in [3.63, 3.8) is 0 Å². The van der Waals surface area contributed by atoms with E-state index < -0.39 is 31.0 Å². The monoisotopic (exact) mass is 288 g/mol. The van der Waals surface area contributed by atoms with Gasteiger partial charge in [-0.15, -0.1) is 0 Å². The summed E-state index contributed by atoms with van der Waals surface area (Å²) in [5.41, 5.74) is -2.28. The standard InChI is InChI=1S/C15H32O3Si/c1-12(16)10-11-15(17,13(2,3)4)14(5,6)18-19(7,8)9/h10-12,16-17H,1-9H3/b11-10-. The second-order valence-electron chi connectivity index (χ2n) is 7.84. The van der Waals surface area contributed by atoms with Gasteiger partial charge in [-0.05, 0) is 45.8 Å². The van der Waals surface area contributed by atoms with Gasteiger partial charge < -0.3 is 14.6 Å². The number of aliphatic hydroxyl groups excluding tert-OH is 1. The van der Waals surface area contributed by atoms with Gasteiger partial charge in [-0.1, -0.05) is 32.9 Å². The molecule has 0 bridgehead atoms. The Bertz CT molecular complexity index is 321. The number of rotatable bonds is 5. The molecule has 0 aromatic heterocycles. The smallest absolute Gasteiger partial charge is 0.184 e. The van der Waals surface area contributed by atoms with Crippen LogP contribution < -0.4 is 0 Å². The van der Waals surface area contributed by atoms with Gasteiger partial charge in [-0.25, -0.2) is 0 Å². The van der Waals surface area contributed by atoms with Gasteiger partial charge in [0.2, 0.25) is 0 Å². The summed E-state index contributed by atoms with van der Waals surface area (Å²) < 4.78 is 6.21. The molecule has 2 unspecified atom stereocenters. The van der Waals surface area contributed by atoms with E-state index in [1.54, 1.807) is 19.1 Å². The van der Waals surface area contributed by atoms with Gasteiger partial charge in [-0.2, -0.15) is 0 Å². The van der Waals surface area contributed by atoms with E-state index in [2.05, 4.69) is 19.6 Å². The highest BCUT2D eigenvalue weighted by Gasteiger charge is 2.52. The molecule has 4 heteroatoms. The summed E-state index contributed by atoms with van der Waals surface area (Å²) in [6.07, 6.45) is 2.73. The van der Waals surface area contributed by atoms with E-state index in [4.69, 9.17) is 4.43 Å². The normalized spacial score (nSPS) is 19.5. The average Bonchev–Trinajstić information content (AvgIpc) is 2.07. The minimum Gasteiger partial charge on any atom is -0.409 e. The van der Waals surface area contributed by atoms with Gasteiger partial charge in [0.25, 0.3) is 0 Å². The summed E-state index contributed by atoms with van der Waals surface area (Å²) in [5.74, 6) is 0. The molecule has 0 amide bonds. The Morgan fingerprint density at radius 1 is 1.05 bits per heavy atom. The molecule has 19 heavy (non-hydrogen) atoms. The van der Waals surface area contributed by atoms with Crippen molar-refractivity contribution in [1.29, 1.82) is 0 Å². The Kier molecular flexibility index (Phi) is 5.63. The Labute approximate surface area is 119 Å². The zero-order valence-electron chi connectivity index (χ0n) is 14.0. The molecule has 2 atom stereocenters. The zero-order valence-corrected chi connectivity index (χ0v) is 15.0. The molecule has 0 aliphatic rings. The summed E-state index contributed by atoms with van der Waals surface area (Å²) >= 11 is 0.